The molecule has 1 aliphatic heterocycles. The number of hydrogen-bond donors (Lipinski definition) is 1. The predicted molar refractivity (Wildman–Crippen MR) is 53.6 cm³/mol. The molecule has 0 saturated heterocycles. The van der Waals surface area contributed by atoms with Crippen LogP contribution in [0.2, 0.25) is 0 Å². The van der Waals surface area contributed by atoms with Gasteiger partial charge in [-0.25, -0.2) is 0 Å². The average molecular weight is 207 g/mol. The summed E-state index contributed by atoms with van der Waals surface area (Å²) in [5, 5.41) is 8.63. The summed E-state index contributed by atoms with van der Waals surface area (Å²) in [5.74, 6) is -0.764. The molecule has 0 bridgehead atoms. The van der Waals surface area contributed by atoms with Crippen LogP contribution in [0, 0.1) is 0 Å². The first-order chi connectivity index (χ1) is 7.27. The summed E-state index contributed by atoms with van der Waals surface area (Å²) in [6, 6.07) is 0. The summed E-state index contributed by atoms with van der Waals surface area (Å²) >= 11 is 0. The lowest BCUT2D eigenvalue weighted by Crippen LogP contribution is -2.13. The molecule has 0 fully saturated rings. The molecule has 4 nitrogen and oxygen atoms in total. The number of carboxylic acids is 1. The molecule has 0 aromatic carbocycles. The summed E-state index contributed by atoms with van der Waals surface area (Å²) in [7, 11) is 0. The maximum absolute atomic E-state index is 10.5. The van der Waals surface area contributed by atoms with E-state index in [2.05, 4.69) is 4.98 Å². The smallest absolute Gasteiger partial charge is 0.303 e. The molecular formula is C11H13NO3. The fourth-order valence-corrected chi connectivity index (χ4v) is 1.84. The third-order valence-electron chi connectivity index (χ3n) is 2.60. The molecule has 0 spiro atoms. The van der Waals surface area contributed by atoms with E-state index in [0.29, 0.717) is 13.0 Å². The van der Waals surface area contributed by atoms with E-state index < -0.39 is 5.97 Å². The van der Waals surface area contributed by atoms with Gasteiger partial charge < -0.3 is 9.84 Å². The molecule has 1 aliphatic rings. The Morgan fingerprint density at radius 2 is 2.40 bits per heavy atom. The number of aromatic nitrogens is 1. The summed E-state index contributed by atoms with van der Waals surface area (Å²) in [6.45, 7) is 1.32. The third kappa shape index (κ3) is 2.33. The van der Waals surface area contributed by atoms with Gasteiger partial charge in [0.1, 0.15) is 0 Å². The van der Waals surface area contributed by atoms with Crippen LogP contribution >= 0.6 is 0 Å². The van der Waals surface area contributed by atoms with Crippen LogP contribution in [0.5, 0.6) is 0 Å². The van der Waals surface area contributed by atoms with E-state index in [1.54, 1.807) is 12.4 Å². The number of fused-ring (bicyclic) bond motifs is 1. The Hall–Kier alpha value is -1.42. The van der Waals surface area contributed by atoms with Gasteiger partial charge in [-0.3, -0.25) is 9.78 Å². The highest BCUT2D eigenvalue weighted by Gasteiger charge is 2.14. The van der Waals surface area contributed by atoms with Crippen LogP contribution < -0.4 is 0 Å². The van der Waals surface area contributed by atoms with Crippen molar-refractivity contribution in [3.05, 3.63) is 29.1 Å². The number of carbonyl (C=O) groups is 1. The van der Waals surface area contributed by atoms with Crippen LogP contribution in [-0.4, -0.2) is 22.7 Å². The van der Waals surface area contributed by atoms with Gasteiger partial charge >= 0.3 is 5.97 Å². The third-order valence-corrected chi connectivity index (χ3v) is 2.60. The molecule has 1 N–H and O–H groups in total. The number of pyridine rings is 1. The van der Waals surface area contributed by atoms with Crippen LogP contribution in [0.25, 0.3) is 0 Å². The maximum atomic E-state index is 10.5. The molecule has 2 rings (SSSR count). The maximum Gasteiger partial charge on any atom is 0.303 e. The second-order valence-corrected chi connectivity index (χ2v) is 3.63. The van der Waals surface area contributed by atoms with Crippen molar-refractivity contribution in [3.63, 3.8) is 0 Å². The van der Waals surface area contributed by atoms with Crippen molar-refractivity contribution < 1.29 is 14.6 Å². The number of ether oxygens (including phenoxy) is 1. The number of carboxylic acid groups (broad SMARTS) is 1. The zero-order chi connectivity index (χ0) is 10.7. The molecule has 0 unspecified atom stereocenters. The van der Waals surface area contributed by atoms with Gasteiger partial charge in [0.15, 0.2) is 0 Å². The van der Waals surface area contributed by atoms with E-state index in [0.717, 1.165) is 24.2 Å². The fourth-order valence-electron chi connectivity index (χ4n) is 1.84. The van der Waals surface area contributed by atoms with Crippen molar-refractivity contribution in [1.82, 2.24) is 4.98 Å². The van der Waals surface area contributed by atoms with Gasteiger partial charge in [0, 0.05) is 18.8 Å². The number of nitrogens with zero attached hydrogens (tertiary/aromatic N) is 1. The van der Waals surface area contributed by atoms with Gasteiger partial charge in [0.25, 0.3) is 0 Å². The fraction of sp³-hybridized carbons (Fsp3) is 0.455. The second-order valence-electron chi connectivity index (χ2n) is 3.63. The zero-order valence-electron chi connectivity index (χ0n) is 8.40. The van der Waals surface area contributed by atoms with Crippen LogP contribution in [0.1, 0.15) is 23.1 Å². The minimum absolute atomic E-state index is 0.166. The standard InChI is InChI=1S/C11H13NO3/c13-11(14)2-1-8-5-12-6-9-7-15-4-3-10(8)9/h5-6H,1-4,7H2,(H,13,14). The Kier molecular flexibility index (Phi) is 2.97. The second kappa shape index (κ2) is 4.40. The predicted octanol–water partition coefficient (Wildman–Crippen LogP) is 1.17. The lowest BCUT2D eigenvalue weighted by atomic mass is 9.97. The Morgan fingerprint density at radius 3 is 3.20 bits per heavy atom. The summed E-state index contributed by atoms with van der Waals surface area (Å²) < 4.78 is 5.32. The molecular weight excluding hydrogens is 194 g/mol. The summed E-state index contributed by atoms with van der Waals surface area (Å²) in [5.41, 5.74) is 3.39. The van der Waals surface area contributed by atoms with Gasteiger partial charge in [-0.05, 0) is 29.5 Å². The highest BCUT2D eigenvalue weighted by molar-refractivity contribution is 5.67. The van der Waals surface area contributed by atoms with E-state index in [9.17, 15) is 4.79 Å². The van der Waals surface area contributed by atoms with Crippen LogP contribution in [0.3, 0.4) is 0 Å². The van der Waals surface area contributed by atoms with Crippen LogP contribution in [0.15, 0.2) is 12.4 Å². The first kappa shape index (κ1) is 10.1. The van der Waals surface area contributed by atoms with E-state index in [1.807, 2.05) is 0 Å². The van der Waals surface area contributed by atoms with E-state index in [-0.39, 0.29) is 6.42 Å². The lowest BCUT2D eigenvalue weighted by molar-refractivity contribution is -0.136. The molecule has 1 aromatic rings. The summed E-state index contributed by atoms with van der Waals surface area (Å²) in [4.78, 5) is 14.6. The first-order valence-electron chi connectivity index (χ1n) is 5.01. The Morgan fingerprint density at radius 1 is 1.53 bits per heavy atom. The van der Waals surface area contributed by atoms with Crippen LogP contribution in [-0.2, 0) is 29.0 Å². The van der Waals surface area contributed by atoms with Gasteiger partial charge in [0.2, 0.25) is 0 Å². The minimum atomic E-state index is -0.764. The Labute approximate surface area is 87.9 Å². The van der Waals surface area contributed by atoms with Crippen molar-refractivity contribution in [2.24, 2.45) is 0 Å². The van der Waals surface area contributed by atoms with Gasteiger partial charge in [0.05, 0.1) is 13.2 Å². The largest absolute Gasteiger partial charge is 0.481 e. The molecule has 0 amide bonds. The molecule has 1 aromatic heterocycles. The molecule has 0 saturated carbocycles. The van der Waals surface area contributed by atoms with Gasteiger partial charge in [-0.2, -0.15) is 0 Å². The van der Waals surface area contributed by atoms with Crippen molar-refractivity contribution >= 4 is 5.97 Å². The number of hydrogen-bond acceptors (Lipinski definition) is 3. The minimum Gasteiger partial charge on any atom is -0.481 e. The topological polar surface area (TPSA) is 59.4 Å². The van der Waals surface area contributed by atoms with Gasteiger partial charge in [-0.15, -0.1) is 0 Å². The highest BCUT2D eigenvalue weighted by atomic mass is 16.5. The van der Waals surface area contributed by atoms with Crippen molar-refractivity contribution in [3.8, 4) is 0 Å². The Bertz CT molecular complexity index is 376. The SMILES string of the molecule is O=C(O)CCc1cncc2c1CCOC2. The van der Waals surface area contributed by atoms with Crippen molar-refractivity contribution in [1.29, 1.82) is 0 Å². The van der Waals surface area contributed by atoms with E-state index in [1.165, 1.54) is 5.56 Å². The quantitative estimate of drug-likeness (QED) is 0.808. The van der Waals surface area contributed by atoms with Crippen LogP contribution in [0.4, 0.5) is 0 Å². The zero-order valence-corrected chi connectivity index (χ0v) is 8.40. The molecule has 0 aliphatic carbocycles. The van der Waals surface area contributed by atoms with E-state index >= 15 is 0 Å². The number of aryl methyl sites for hydroxylation is 1. The van der Waals surface area contributed by atoms with Crippen molar-refractivity contribution in [2.45, 2.75) is 25.9 Å². The molecule has 0 atom stereocenters. The number of aliphatic carboxylic acids is 1. The first-order valence-corrected chi connectivity index (χ1v) is 5.01. The molecule has 2 heterocycles. The molecule has 15 heavy (non-hydrogen) atoms. The molecule has 80 valence electrons. The van der Waals surface area contributed by atoms with E-state index in [4.69, 9.17) is 9.84 Å². The molecule has 0 radical (unpaired) electrons. The Balaban J connectivity index is 2.19. The van der Waals surface area contributed by atoms with Gasteiger partial charge in [-0.1, -0.05) is 0 Å². The number of rotatable bonds is 3. The lowest BCUT2D eigenvalue weighted by Gasteiger charge is -2.18. The highest BCUT2D eigenvalue weighted by Crippen LogP contribution is 2.20. The average Bonchev–Trinajstić information content (AvgIpc) is 2.26. The van der Waals surface area contributed by atoms with Crippen molar-refractivity contribution in [2.75, 3.05) is 6.61 Å². The monoisotopic (exact) mass is 207 g/mol. The normalized spacial score (nSPS) is 14.7. The molecule has 4 heteroatoms. The summed E-state index contributed by atoms with van der Waals surface area (Å²) in [6.07, 6.45) is 5.17.